The lowest BCUT2D eigenvalue weighted by Gasteiger charge is -2.16. The molecule has 0 bridgehead atoms. The number of nitrogens with zero attached hydrogens (tertiary/aromatic N) is 3. The predicted octanol–water partition coefficient (Wildman–Crippen LogP) is 0.392. The van der Waals surface area contributed by atoms with Gasteiger partial charge in [-0.25, -0.2) is 4.98 Å². The Kier molecular flexibility index (Phi) is 2.56. The fraction of sp³-hybridized carbons (Fsp3) is 0.500. The summed E-state index contributed by atoms with van der Waals surface area (Å²) in [4.78, 5) is 10.0. The van der Waals surface area contributed by atoms with E-state index in [1.807, 2.05) is 4.90 Å². The molecule has 0 saturated carbocycles. The largest absolute Gasteiger partial charge is 0.391 e. The Morgan fingerprint density at radius 3 is 2.93 bits per heavy atom. The number of halogens is 1. The first-order valence-electron chi connectivity index (χ1n) is 4.38. The van der Waals surface area contributed by atoms with Crippen LogP contribution in [0.1, 0.15) is 6.42 Å². The fourth-order valence-corrected chi connectivity index (χ4v) is 1.92. The van der Waals surface area contributed by atoms with Crippen LogP contribution in [0.4, 0.5) is 11.8 Å². The summed E-state index contributed by atoms with van der Waals surface area (Å²) in [6.45, 7) is 1.42. The van der Waals surface area contributed by atoms with Gasteiger partial charge < -0.3 is 15.7 Å². The second-order valence-electron chi connectivity index (χ2n) is 3.30. The van der Waals surface area contributed by atoms with Gasteiger partial charge in [0.1, 0.15) is 10.4 Å². The second kappa shape index (κ2) is 3.70. The van der Waals surface area contributed by atoms with E-state index in [9.17, 15) is 5.11 Å². The van der Waals surface area contributed by atoms with Gasteiger partial charge in [-0.2, -0.15) is 4.98 Å². The molecule has 1 aromatic rings. The Bertz CT molecular complexity index is 326. The lowest BCUT2D eigenvalue weighted by atomic mass is 10.3. The van der Waals surface area contributed by atoms with Gasteiger partial charge >= 0.3 is 0 Å². The van der Waals surface area contributed by atoms with Gasteiger partial charge in [0.2, 0.25) is 5.95 Å². The van der Waals surface area contributed by atoms with Crippen LogP contribution in [-0.4, -0.2) is 34.3 Å². The Labute approximate surface area is 90.1 Å². The van der Waals surface area contributed by atoms with Crippen LogP contribution < -0.4 is 10.6 Å². The molecule has 3 N–H and O–H groups in total. The number of nitrogens with two attached hydrogens (primary N) is 1. The van der Waals surface area contributed by atoms with Crippen molar-refractivity contribution in [3.8, 4) is 0 Å². The summed E-state index contributed by atoms with van der Waals surface area (Å²) in [5.74, 6) is 1.01. The molecule has 5 nitrogen and oxygen atoms in total. The van der Waals surface area contributed by atoms with E-state index < -0.39 is 0 Å². The van der Waals surface area contributed by atoms with E-state index in [2.05, 4.69) is 25.9 Å². The number of aliphatic hydroxyl groups excluding tert-OH is 1. The highest BCUT2D eigenvalue weighted by atomic mass is 79.9. The van der Waals surface area contributed by atoms with Crippen molar-refractivity contribution in [1.29, 1.82) is 0 Å². The smallest absolute Gasteiger partial charge is 0.223 e. The summed E-state index contributed by atoms with van der Waals surface area (Å²) in [5, 5.41) is 9.37. The number of anilines is 2. The number of hydrogen-bond donors (Lipinski definition) is 2. The SMILES string of the molecule is Nc1nc(Br)cc(N2CCC(O)C2)n1. The van der Waals surface area contributed by atoms with Crippen molar-refractivity contribution in [2.45, 2.75) is 12.5 Å². The molecular formula is C8H11BrN4O. The minimum absolute atomic E-state index is 0.246. The van der Waals surface area contributed by atoms with E-state index in [-0.39, 0.29) is 12.1 Å². The molecule has 2 heterocycles. The summed E-state index contributed by atoms with van der Waals surface area (Å²) in [7, 11) is 0. The summed E-state index contributed by atoms with van der Waals surface area (Å²) >= 11 is 3.25. The molecule has 2 rings (SSSR count). The maximum absolute atomic E-state index is 9.37. The summed E-state index contributed by atoms with van der Waals surface area (Å²) < 4.78 is 0.668. The van der Waals surface area contributed by atoms with Gasteiger partial charge in [-0.1, -0.05) is 0 Å². The van der Waals surface area contributed by atoms with Crippen molar-refractivity contribution < 1.29 is 5.11 Å². The molecule has 1 aliphatic rings. The van der Waals surface area contributed by atoms with Crippen LogP contribution in [0.2, 0.25) is 0 Å². The minimum atomic E-state index is -0.259. The van der Waals surface area contributed by atoms with Crippen LogP contribution in [0.3, 0.4) is 0 Å². The highest BCUT2D eigenvalue weighted by Crippen LogP contribution is 2.21. The van der Waals surface area contributed by atoms with Crippen molar-refractivity contribution in [2.75, 3.05) is 23.7 Å². The van der Waals surface area contributed by atoms with E-state index in [1.54, 1.807) is 6.07 Å². The van der Waals surface area contributed by atoms with Crippen molar-refractivity contribution >= 4 is 27.7 Å². The van der Waals surface area contributed by atoms with Crippen molar-refractivity contribution in [1.82, 2.24) is 9.97 Å². The van der Waals surface area contributed by atoms with Gasteiger partial charge in [-0.05, 0) is 22.4 Å². The molecule has 1 saturated heterocycles. The molecule has 1 aliphatic heterocycles. The molecule has 1 aromatic heterocycles. The lowest BCUT2D eigenvalue weighted by molar-refractivity contribution is 0.198. The first kappa shape index (κ1) is 9.67. The summed E-state index contributed by atoms with van der Waals surface area (Å²) in [5.41, 5.74) is 5.52. The standard InChI is InChI=1S/C8H11BrN4O/c9-6-3-7(12-8(10)11-6)13-2-1-5(14)4-13/h3,5,14H,1-2,4H2,(H2,10,11,12). The third-order valence-corrected chi connectivity index (χ3v) is 2.59. The predicted molar refractivity (Wildman–Crippen MR) is 57.0 cm³/mol. The molecule has 1 unspecified atom stereocenters. The third-order valence-electron chi connectivity index (χ3n) is 2.19. The normalized spacial score (nSPS) is 21.6. The van der Waals surface area contributed by atoms with Crippen LogP contribution in [-0.2, 0) is 0 Å². The van der Waals surface area contributed by atoms with E-state index in [0.29, 0.717) is 11.1 Å². The number of aromatic nitrogens is 2. The minimum Gasteiger partial charge on any atom is -0.391 e. The van der Waals surface area contributed by atoms with E-state index >= 15 is 0 Å². The number of rotatable bonds is 1. The molecule has 76 valence electrons. The summed E-state index contributed by atoms with van der Waals surface area (Å²) in [6, 6.07) is 1.80. The van der Waals surface area contributed by atoms with Gasteiger partial charge in [0, 0.05) is 19.2 Å². The molecule has 1 fully saturated rings. The van der Waals surface area contributed by atoms with E-state index in [1.165, 1.54) is 0 Å². The molecule has 0 aromatic carbocycles. The first-order valence-corrected chi connectivity index (χ1v) is 5.17. The van der Waals surface area contributed by atoms with Crippen LogP contribution in [0.25, 0.3) is 0 Å². The highest BCUT2D eigenvalue weighted by Gasteiger charge is 2.21. The van der Waals surface area contributed by atoms with E-state index in [0.717, 1.165) is 18.8 Å². The summed E-state index contributed by atoms with van der Waals surface area (Å²) in [6.07, 6.45) is 0.520. The van der Waals surface area contributed by atoms with Gasteiger partial charge in [0.25, 0.3) is 0 Å². The number of nitrogen functional groups attached to an aromatic ring is 1. The highest BCUT2D eigenvalue weighted by molar-refractivity contribution is 9.10. The van der Waals surface area contributed by atoms with Gasteiger partial charge in [0.05, 0.1) is 6.10 Å². The monoisotopic (exact) mass is 258 g/mol. The lowest BCUT2D eigenvalue weighted by Crippen LogP contribution is -2.22. The zero-order valence-electron chi connectivity index (χ0n) is 7.52. The number of hydrogen-bond acceptors (Lipinski definition) is 5. The quantitative estimate of drug-likeness (QED) is 0.714. The molecule has 0 aliphatic carbocycles. The van der Waals surface area contributed by atoms with Crippen LogP contribution in [0.5, 0.6) is 0 Å². The van der Waals surface area contributed by atoms with Gasteiger partial charge in [-0.3, -0.25) is 0 Å². The Morgan fingerprint density at radius 1 is 1.57 bits per heavy atom. The molecule has 14 heavy (non-hydrogen) atoms. The second-order valence-corrected chi connectivity index (χ2v) is 4.11. The average Bonchev–Trinajstić information content (AvgIpc) is 2.50. The van der Waals surface area contributed by atoms with Gasteiger partial charge in [-0.15, -0.1) is 0 Å². The van der Waals surface area contributed by atoms with Crippen LogP contribution in [0, 0.1) is 0 Å². The average molecular weight is 259 g/mol. The molecule has 1 atom stereocenters. The topological polar surface area (TPSA) is 75.3 Å². The molecule has 0 spiro atoms. The van der Waals surface area contributed by atoms with Crippen LogP contribution in [0.15, 0.2) is 10.7 Å². The first-order chi connectivity index (χ1) is 6.65. The van der Waals surface area contributed by atoms with E-state index in [4.69, 9.17) is 5.73 Å². The number of aliphatic hydroxyl groups is 1. The third kappa shape index (κ3) is 1.96. The fourth-order valence-electron chi connectivity index (χ4n) is 1.53. The Morgan fingerprint density at radius 2 is 2.36 bits per heavy atom. The van der Waals surface area contributed by atoms with Gasteiger partial charge in [0.15, 0.2) is 0 Å². The van der Waals surface area contributed by atoms with Crippen molar-refractivity contribution in [3.05, 3.63) is 10.7 Å². The Balaban J connectivity index is 2.23. The molecular weight excluding hydrogens is 248 g/mol. The maximum Gasteiger partial charge on any atom is 0.223 e. The zero-order chi connectivity index (χ0) is 10.1. The zero-order valence-corrected chi connectivity index (χ0v) is 9.11. The molecule has 0 amide bonds. The number of β-amino-alcohol motifs (C(OH)–C–C–N with tert-alkyl or cyclic N) is 1. The van der Waals surface area contributed by atoms with Crippen molar-refractivity contribution in [2.24, 2.45) is 0 Å². The van der Waals surface area contributed by atoms with Crippen LogP contribution >= 0.6 is 15.9 Å². The molecule has 6 heteroatoms. The maximum atomic E-state index is 9.37. The van der Waals surface area contributed by atoms with Crippen molar-refractivity contribution in [3.63, 3.8) is 0 Å². The Hall–Kier alpha value is -0.880. The molecule has 0 radical (unpaired) electrons.